The van der Waals surface area contributed by atoms with Crippen molar-refractivity contribution in [3.63, 3.8) is 0 Å². The summed E-state index contributed by atoms with van der Waals surface area (Å²) < 4.78 is 13.4. The van der Waals surface area contributed by atoms with Crippen LogP contribution in [-0.4, -0.2) is 27.5 Å². The van der Waals surface area contributed by atoms with Crippen LogP contribution in [0.15, 0.2) is 24.3 Å². The Morgan fingerprint density at radius 2 is 2.04 bits per heavy atom. The Bertz CT molecular complexity index is 690. The van der Waals surface area contributed by atoms with Gasteiger partial charge in [-0.2, -0.15) is 11.8 Å². The van der Waals surface area contributed by atoms with Crippen LogP contribution in [-0.2, 0) is 6.42 Å². The molecule has 0 aliphatic carbocycles. The third kappa shape index (κ3) is 4.15. The van der Waals surface area contributed by atoms with Gasteiger partial charge in [-0.15, -0.1) is 0 Å². The third-order valence-corrected chi connectivity index (χ3v) is 5.23. The zero-order chi connectivity index (χ0) is 16.2. The van der Waals surface area contributed by atoms with Crippen LogP contribution in [0.3, 0.4) is 0 Å². The maximum Gasteiger partial charge on any atom is 0.161 e. The normalized spacial score (nSPS) is 15.6. The van der Waals surface area contributed by atoms with Crippen LogP contribution >= 0.6 is 23.4 Å². The first kappa shape index (κ1) is 16.5. The molecule has 2 aromatic rings. The molecule has 122 valence electrons. The Balaban J connectivity index is 1.90. The molecule has 1 aliphatic heterocycles. The van der Waals surface area contributed by atoms with Crippen molar-refractivity contribution in [2.24, 2.45) is 0 Å². The van der Waals surface area contributed by atoms with E-state index in [1.807, 2.05) is 17.8 Å². The van der Waals surface area contributed by atoms with Gasteiger partial charge < -0.3 is 5.32 Å². The van der Waals surface area contributed by atoms with Crippen molar-refractivity contribution < 1.29 is 4.39 Å². The van der Waals surface area contributed by atoms with Gasteiger partial charge in [-0.3, -0.25) is 0 Å². The summed E-state index contributed by atoms with van der Waals surface area (Å²) >= 11 is 7.88. The van der Waals surface area contributed by atoms with Crippen molar-refractivity contribution in [1.82, 2.24) is 9.97 Å². The molecule has 3 nitrogen and oxygen atoms in total. The van der Waals surface area contributed by atoms with Crippen LogP contribution in [0.5, 0.6) is 0 Å². The number of anilines is 1. The Hall–Kier alpha value is -1.33. The summed E-state index contributed by atoms with van der Waals surface area (Å²) in [4.78, 5) is 9.16. The summed E-state index contributed by atoms with van der Waals surface area (Å²) in [5, 5.41) is 3.61. The molecule has 0 bridgehead atoms. The van der Waals surface area contributed by atoms with Gasteiger partial charge in [0.15, 0.2) is 5.82 Å². The highest BCUT2D eigenvalue weighted by Crippen LogP contribution is 2.25. The molecule has 6 heteroatoms. The molecule has 3 rings (SSSR count). The Kier molecular flexibility index (Phi) is 5.38. The van der Waals surface area contributed by atoms with Gasteiger partial charge in [-0.1, -0.05) is 18.5 Å². The van der Waals surface area contributed by atoms with Crippen molar-refractivity contribution in [1.29, 1.82) is 0 Å². The maximum absolute atomic E-state index is 13.4. The van der Waals surface area contributed by atoms with E-state index in [0.29, 0.717) is 11.9 Å². The Labute approximate surface area is 145 Å². The van der Waals surface area contributed by atoms with E-state index in [0.717, 1.165) is 36.3 Å². The zero-order valence-electron chi connectivity index (χ0n) is 13.0. The van der Waals surface area contributed by atoms with Crippen molar-refractivity contribution >= 4 is 29.2 Å². The highest BCUT2D eigenvalue weighted by molar-refractivity contribution is 7.99. The molecule has 1 N–H and O–H groups in total. The minimum atomic E-state index is -0.430. The average molecular weight is 352 g/mol. The minimum absolute atomic E-state index is 0.0896. The molecule has 0 atom stereocenters. The molecule has 0 spiro atoms. The van der Waals surface area contributed by atoms with E-state index in [2.05, 4.69) is 22.2 Å². The molecule has 2 heterocycles. The molecule has 0 amide bonds. The van der Waals surface area contributed by atoms with E-state index in [9.17, 15) is 4.39 Å². The molecule has 1 aromatic heterocycles. The van der Waals surface area contributed by atoms with Gasteiger partial charge in [0.2, 0.25) is 0 Å². The van der Waals surface area contributed by atoms with E-state index in [1.54, 1.807) is 12.1 Å². The lowest BCUT2D eigenvalue weighted by Gasteiger charge is -2.23. The molecule has 23 heavy (non-hydrogen) atoms. The van der Waals surface area contributed by atoms with E-state index in [1.165, 1.54) is 17.6 Å². The number of hydrogen-bond donors (Lipinski definition) is 1. The first-order chi connectivity index (χ1) is 11.2. The second-order valence-corrected chi connectivity index (χ2v) is 7.21. The molecule has 0 unspecified atom stereocenters. The second kappa shape index (κ2) is 7.49. The van der Waals surface area contributed by atoms with Gasteiger partial charge in [0.25, 0.3) is 0 Å². The number of benzene rings is 1. The summed E-state index contributed by atoms with van der Waals surface area (Å²) in [5.74, 6) is 3.36. The fourth-order valence-electron chi connectivity index (χ4n) is 2.57. The van der Waals surface area contributed by atoms with E-state index >= 15 is 0 Å². The number of rotatable bonds is 4. The summed E-state index contributed by atoms with van der Waals surface area (Å²) in [7, 11) is 0. The topological polar surface area (TPSA) is 37.8 Å². The molecule has 1 aromatic carbocycles. The van der Waals surface area contributed by atoms with Crippen molar-refractivity contribution in [2.45, 2.75) is 32.2 Å². The first-order valence-corrected chi connectivity index (χ1v) is 9.36. The molecule has 0 saturated carbocycles. The van der Waals surface area contributed by atoms with Crippen molar-refractivity contribution in [3.8, 4) is 11.4 Å². The number of thioether (sulfide) groups is 1. The van der Waals surface area contributed by atoms with Gasteiger partial charge in [0.1, 0.15) is 11.6 Å². The summed E-state index contributed by atoms with van der Waals surface area (Å²) in [6, 6.07) is 7.05. The fourth-order valence-corrected chi connectivity index (χ4v) is 3.85. The van der Waals surface area contributed by atoms with Gasteiger partial charge in [0, 0.05) is 23.4 Å². The van der Waals surface area contributed by atoms with E-state index in [4.69, 9.17) is 11.6 Å². The first-order valence-electron chi connectivity index (χ1n) is 7.83. The predicted octanol–water partition coefficient (Wildman–Crippen LogP) is 4.81. The number of aromatic nitrogens is 2. The quantitative estimate of drug-likeness (QED) is 0.858. The number of aryl methyl sites for hydroxylation is 1. The molecule has 1 fully saturated rings. The standard InChI is InChI=1S/C17H19ClFN3S/c1-2-12-10-16(20-13-5-7-23-8-6-13)22-17(21-12)11-3-4-15(19)14(18)9-11/h3-4,9-10,13H,2,5-8H2,1H3,(H,20,21,22). The van der Waals surface area contributed by atoms with Crippen molar-refractivity contribution in [2.75, 3.05) is 16.8 Å². The number of halogens is 2. The lowest BCUT2D eigenvalue weighted by atomic mass is 10.1. The van der Waals surface area contributed by atoms with Gasteiger partial charge in [-0.25, -0.2) is 14.4 Å². The second-order valence-electron chi connectivity index (χ2n) is 5.58. The zero-order valence-corrected chi connectivity index (χ0v) is 14.6. The van der Waals surface area contributed by atoms with Crippen LogP contribution in [0.2, 0.25) is 5.02 Å². The van der Waals surface area contributed by atoms with Crippen LogP contribution in [0, 0.1) is 5.82 Å². The molecule has 0 radical (unpaired) electrons. The Morgan fingerprint density at radius 1 is 1.26 bits per heavy atom. The van der Waals surface area contributed by atoms with Crippen LogP contribution in [0.25, 0.3) is 11.4 Å². The average Bonchev–Trinajstić information content (AvgIpc) is 2.58. The summed E-state index contributed by atoms with van der Waals surface area (Å²) in [5.41, 5.74) is 1.69. The van der Waals surface area contributed by atoms with Crippen molar-refractivity contribution in [3.05, 3.63) is 40.8 Å². The molecule has 1 saturated heterocycles. The highest BCUT2D eigenvalue weighted by Gasteiger charge is 2.15. The highest BCUT2D eigenvalue weighted by atomic mass is 35.5. The van der Waals surface area contributed by atoms with Gasteiger partial charge >= 0.3 is 0 Å². The SMILES string of the molecule is CCc1cc(NC2CCSCC2)nc(-c2ccc(F)c(Cl)c2)n1. The van der Waals surface area contributed by atoms with Crippen LogP contribution in [0.1, 0.15) is 25.5 Å². The smallest absolute Gasteiger partial charge is 0.161 e. The molecule has 1 aliphatic rings. The summed E-state index contributed by atoms with van der Waals surface area (Å²) in [6.07, 6.45) is 3.11. The largest absolute Gasteiger partial charge is 0.367 e. The van der Waals surface area contributed by atoms with E-state index in [-0.39, 0.29) is 5.02 Å². The predicted molar refractivity (Wildman–Crippen MR) is 95.8 cm³/mol. The molecular formula is C17H19ClFN3S. The minimum Gasteiger partial charge on any atom is -0.367 e. The lowest BCUT2D eigenvalue weighted by Crippen LogP contribution is -2.25. The monoisotopic (exact) mass is 351 g/mol. The Morgan fingerprint density at radius 3 is 2.74 bits per heavy atom. The van der Waals surface area contributed by atoms with Gasteiger partial charge in [-0.05, 0) is 49.0 Å². The number of hydrogen-bond acceptors (Lipinski definition) is 4. The van der Waals surface area contributed by atoms with E-state index < -0.39 is 5.82 Å². The van der Waals surface area contributed by atoms with Gasteiger partial charge in [0.05, 0.1) is 5.02 Å². The number of nitrogens with one attached hydrogen (secondary N) is 1. The summed E-state index contributed by atoms with van der Waals surface area (Å²) in [6.45, 7) is 2.06. The maximum atomic E-state index is 13.4. The molecular weight excluding hydrogens is 333 g/mol. The van der Waals surface area contributed by atoms with Crippen LogP contribution < -0.4 is 5.32 Å². The third-order valence-electron chi connectivity index (χ3n) is 3.89. The lowest BCUT2D eigenvalue weighted by molar-refractivity contribution is 0.628. The van der Waals surface area contributed by atoms with Crippen LogP contribution in [0.4, 0.5) is 10.2 Å². The number of nitrogens with zero attached hydrogens (tertiary/aromatic N) is 2. The fraction of sp³-hybridized carbons (Fsp3) is 0.412.